The number of Topliss-reactive ketones (excluding diaryl/α,β-unsaturated/α-hetero) is 1. The van der Waals surface area contributed by atoms with E-state index in [-0.39, 0.29) is 24.0 Å². The molecule has 0 saturated heterocycles. The fourth-order valence-electron chi connectivity index (χ4n) is 4.24. The number of aromatic nitrogens is 5. The Kier molecular flexibility index (Phi) is 13.1. The van der Waals surface area contributed by atoms with Crippen LogP contribution >= 0.6 is 0 Å². The van der Waals surface area contributed by atoms with Gasteiger partial charge in [0, 0.05) is 11.1 Å². The summed E-state index contributed by atoms with van der Waals surface area (Å²) in [6, 6.07) is 23.1. The Balaban J connectivity index is 0.000000192. The lowest BCUT2D eigenvalue weighted by atomic mass is 10.1. The van der Waals surface area contributed by atoms with Crippen LogP contribution in [0.2, 0.25) is 0 Å². The zero-order chi connectivity index (χ0) is 38.6. The van der Waals surface area contributed by atoms with Crippen molar-refractivity contribution >= 4 is 23.8 Å². The molecule has 0 atom stereocenters. The highest BCUT2D eigenvalue weighted by Crippen LogP contribution is 2.35. The number of carbonyl (C=O) groups is 1. The fraction of sp³-hybridized carbons (Fsp3) is 0.143. The molecule has 0 radical (unpaired) electrons. The molecule has 0 aliphatic rings. The van der Waals surface area contributed by atoms with Crippen LogP contribution in [0, 0.1) is 11.6 Å². The first-order valence-electron chi connectivity index (χ1n) is 15.2. The number of nitrogen functional groups attached to an aromatic ring is 1. The molecule has 0 saturated carbocycles. The fourth-order valence-corrected chi connectivity index (χ4v) is 4.24. The van der Waals surface area contributed by atoms with Crippen molar-refractivity contribution in [3.05, 3.63) is 138 Å². The first-order chi connectivity index (χ1) is 25.2. The third-order valence-corrected chi connectivity index (χ3v) is 6.68. The number of halogens is 8. The number of carbonyl (C=O) groups excluding carboxylic acids is 1. The Morgan fingerprint density at radius 1 is 0.849 bits per heavy atom. The predicted octanol–water partition coefficient (Wildman–Crippen LogP) is 8.71. The average Bonchev–Trinajstić information content (AvgIpc) is 3.80. The molecular weight excluding hydrogens is 718 g/mol. The zero-order valence-corrected chi connectivity index (χ0v) is 27.3. The van der Waals surface area contributed by atoms with Gasteiger partial charge in [-0.05, 0) is 48.5 Å². The molecule has 0 unspecified atom stereocenters. The Bertz CT molecular complexity index is 2120. The number of benzene rings is 4. The molecule has 0 fully saturated rings. The highest BCUT2D eigenvalue weighted by atomic mass is 19.4. The number of anilines is 1. The summed E-state index contributed by atoms with van der Waals surface area (Å²) in [7, 11) is 0. The standard InChI is InChI=1S/C17H11F4N3O.C11H11N3O2.C7H5F4N/c18-13-8-4-7-12(17(19,20)21)16(13)24-10-22-15(23-24)9-14(25)11-5-2-1-3-6-11;1-2-15-8-12-11-13-10(16-14-11)9-6-4-3-5-7-9;8-5-3-1-2-4(6(5)12)7(9,10)11/h1-8,10H,9H2;3-8H,2H2,1H3;1-3H,12H2. The first kappa shape index (κ1) is 39.3. The van der Waals surface area contributed by atoms with Crippen LogP contribution in [-0.2, 0) is 23.5 Å². The van der Waals surface area contributed by atoms with Gasteiger partial charge in [-0.1, -0.05) is 60.7 Å². The number of aliphatic imine (C=N–C) groups is 1. The van der Waals surface area contributed by atoms with Crippen LogP contribution in [0.3, 0.4) is 0 Å². The van der Waals surface area contributed by atoms with Gasteiger partial charge in [0.25, 0.3) is 11.8 Å². The second kappa shape index (κ2) is 17.7. The average molecular weight is 746 g/mol. The van der Waals surface area contributed by atoms with E-state index in [1.54, 1.807) is 30.3 Å². The van der Waals surface area contributed by atoms with Gasteiger partial charge in [-0.3, -0.25) is 4.79 Å². The number of para-hydroxylation sites is 2. The van der Waals surface area contributed by atoms with Gasteiger partial charge < -0.3 is 15.0 Å². The normalized spacial score (nSPS) is 11.3. The Hall–Kier alpha value is -6.46. The van der Waals surface area contributed by atoms with Crippen molar-refractivity contribution in [1.82, 2.24) is 24.9 Å². The molecule has 53 heavy (non-hydrogen) atoms. The summed E-state index contributed by atoms with van der Waals surface area (Å²) < 4.78 is 112. The number of hydrogen-bond donors (Lipinski definition) is 1. The van der Waals surface area contributed by atoms with Crippen LogP contribution in [-0.4, -0.2) is 43.7 Å². The van der Waals surface area contributed by atoms with Gasteiger partial charge in [0.15, 0.2) is 18.0 Å². The summed E-state index contributed by atoms with van der Waals surface area (Å²) in [5.74, 6) is -1.71. The van der Waals surface area contributed by atoms with Crippen LogP contribution in [0.1, 0.15) is 34.2 Å². The molecule has 0 aliphatic heterocycles. The van der Waals surface area contributed by atoms with Crippen molar-refractivity contribution in [1.29, 1.82) is 0 Å². The summed E-state index contributed by atoms with van der Waals surface area (Å²) in [4.78, 5) is 23.9. The highest BCUT2D eigenvalue weighted by Gasteiger charge is 2.36. The number of nitrogens with two attached hydrogens (primary N) is 1. The van der Waals surface area contributed by atoms with Gasteiger partial charge in [0.05, 0.1) is 29.8 Å². The van der Waals surface area contributed by atoms with E-state index < -0.39 is 46.5 Å². The van der Waals surface area contributed by atoms with Crippen molar-refractivity contribution in [3.63, 3.8) is 0 Å². The van der Waals surface area contributed by atoms with Crippen molar-refractivity contribution < 1.29 is 49.2 Å². The maximum absolute atomic E-state index is 13.9. The predicted molar refractivity (Wildman–Crippen MR) is 176 cm³/mol. The van der Waals surface area contributed by atoms with Crippen LogP contribution in [0.5, 0.6) is 0 Å². The van der Waals surface area contributed by atoms with E-state index in [1.807, 2.05) is 37.3 Å². The SMILES string of the molecule is CCOC=Nc1noc(-c2ccccc2)n1.Nc1c(F)cccc1C(F)(F)F.O=C(Cc1ncn(-c2c(F)cccc2C(F)(F)F)n1)c1ccccc1. The summed E-state index contributed by atoms with van der Waals surface area (Å²) >= 11 is 0. The Morgan fingerprint density at radius 3 is 2.06 bits per heavy atom. The van der Waals surface area contributed by atoms with Crippen molar-refractivity contribution in [2.45, 2.75) is 25.7 Å². The van der Waals surface area contributed by atoms with Crippen molar-refractivity contribution in [2.24, 2.45) is 4.99 Å². The minimum atomic E-state index is -4.75. The van der Waals surface area contributed by atoms with E-state index in [0.717, 1.165) is 48.3 Å². The van der Waals surface area contributed by atoms with Gasteiger partial charge in [-0.15, -0.1) is 0 Å². The van der Waals surface area contributed by atoms with Crippen molar-refractivity contribution in [2.75, 3.05) is 12.3 Å². The topological polar surface area (TPSA) is 134 Å². The Morgan fingerprint density at radius 2 is 1.45 bits per heavy atom. The lowest BCUT2D eigenvalue weighted by Gasteiger charge is -2.12. The van der Waals surface area contributed by atoms with E-state index in [1.165, 1.54) is 6.40 Å². The molecule has 0 spiro atoms. The summed E-state index contributed by atoms with van der Waals surface area (Å²) in [6.45, 7) is 2.44. The van der Waals surface area contributed by atoms with E-state index in [4.69, 9.17) is 15.0 Å². The van der Waals surface area contributed by atoms with Gasteiger partial charge in [-0.25, -0.2) is 18.4 Å². The monoisotopic (exact) mass is 745 g/mol. The number of alkyl halides is 6. The third-order valence-electron chi connectivity index (χ3n) is 6.68. The number of nitrogens with zero attached hydrogens (tertiary/aromatic N) is 6. The number of hydrogen-bond acceptors (Lipinski definition) is 9. The molecule has 6 rings (SSSR count). The van der Waals surface area contributed by atoms with Gasteiger partial charge in [0.2, 0.25) is 0 Å². The summed E-state index contributed by atoms with van der Waals surface area (Å²) in [5.41, 5.74) is 2.26. The molecule has 2 aromatic heterocycles. The molecule has 0 bridgehead atoms. The second-order valence-corrected chi connectivity index (χ2v) is 10.4. The molecule has 10 nitrogen and oxygen atoms in total. The molecule has 0 aliphatic carbocycles. The molecule has 2 N–H and O–H groups in total. The molecule has 6 aromatic rings. The minimum Gasteiger partial charge on any atom is -0.483 e. The first-order valence-corrected chi connectivity index (χ1v) is 15.2. The Labute approximate surface area is 295 Å². The van der Waals surface area contributed by atoms with E-state index in [0.29, 0.717) is 22.7 Å². The molecular formula is C35H27F8N7O3. The molecule has 2 heterocycles. The van der Waals surface area contributed by atoms with Gasteiger partial charge in [0.1, 0.15) is 23.6 Å². The molecule has 276 valence electrons. The van der Waals surface area contributed by atoms with Crippen LogP contribution < -0.4 is 5.73 Å². The minimum absolute atomic E-state index is 0.00484. The van der Waals surface area contributed by atoms with E-state index in [2.05, 4.69) is 25.2 Å². The third kappa shape index (κ3) is 11.0. The number of ketones is 1. The largest absolute Gasteiger partial charge is 0.483 e. The second-order valence-electron chi connectivity index (χ2n) is 10.4. The molecule has 0 amide bonds. The lowest BCUT2D eigenvalue weighted by Crippen LogP contribution is -2.13. The van der Waals surface area contributed by atoms with Crippen molar-refractivity contribution in [3.8, 4) is 17.1 Å². The van der Waals surface area contributed by atoms with E-state index >= 15 is 0 Å². The number of rotatable bonds is 8. The van der Waals surface area contributed by atoms with Crippen LogP contribution in [0.25, 0.3) is 17.1 Å². The summed E-state index contributed by atoms with van der Waals surface area (Å²) in [5, 5.41) is 7.53. The highest BCUT2D eigenvalue weighted by molar-refractivity contribution is 5.97. The van der Waals surface area contributed by atoms with Crippen LogP contribution in [0.15, 0.2) is 113 Å². The quantitative estimate of drug-likeness (QED) is 0.0538. The number of ether oxygens (including phenoxy) is 1. The smallest absolute Gasteiger partial charge is 0.418 e. The van der Waals surface area contributed by atoms with E-state index in [9.17, 15) is 39.9 Å². The maximum atomic E-state index is 13.9. The molecule has 4 aromatic carbocycles. The van der Waals surface area contributed by atoms with Crippen LogP contribution in [0.4, 0.5) is 46.8 Å². The zero-order valence-electron chi connectivity index (χ0n) is 27.3. The molecule has 18 heteroatoms. The lowest BCUT2D eigenvalue weighted by molar-refractivity contribution is -0.138. The van der Waals surface area contributed by atoms with Gasteiger partial charge in [-0.2, -0.15) is 41.4 Å². The maximum Gasteiger partial charge on any atom is 0.418 e. The summed E-state index contributed by atoms with van der Waals surface area (Å²) in [6.07, 6.45) is -7.27. The van der Waals surface area contributed by atoms with Gasteiger partial charge >= 0.3 is 12.4 Å².